The first kappa shape index (κ1) is 27.2. The summed E-state index contributed by atoms with van der Waals surface area (Å²) >= 11 is 0. The minimum Gasteiger partial charge on any atom is -0.497 e. The Hall–Kier alpha value is -5.64. The third-order valence-electron chi connectivity index (χ3n) is 8.98. The van der Waals surface area contributed by atoms with Crippen LogP contribution >= 0.6 is 0 Å². The SMILES string of the molecule is COc1ccc(CC(=O)N/N=C\C23c4ccccc4C(c4ccccc42)[C@H]2C(=O)N(c4ccc([N+](=O)[O-])cc4)C(=O)[C@H]23)cc1. The summed E-state index contributed by atoms with van der Waals surface area (Å²) in [5.74, 6) is -2.39. The summed E-state index contributed by atoms with van der Waals surface area (Å²) in [6.45, 7) is 0. The number of non-ortho nitro benzene ring substituents is 1. The maximum atomic E-state index is 14.4. The number of carbonyl (C=O) groups excluding carboxylic acids is 3. The summed E-state index contributed by atoms with van der Waals surface area (Å²) in [4.78, 5) is 53.4. The zero-order chi connectivity index (χ0) is 30.6. The van der Waals surface area contributed by atoms with Gasteiger partial charge in [-0.2, -0.15) is 5.10 Å². The Morgan fingerprint density at radius 3 is 2.14 bits per heavy atom. The van der Waals surface area contributed by atoms with Crippen LogP contribution in [0.5, 0.6) is 5.75 Å². The third-order valence-corrected chi connectivity index (χ3v) is 8.98. The Balaban J connectivity index is 1.31. The fourth-order valence-corrected chi connectivity index (χ4v) is 7.20. The normalized spacial score (nSPS) is 22.8. The first-order valence-electron chi connectivity index (χ1n) is 14.1. The number of hydrazone groups is 1. The van der Waals surface area contributed by atoms with E-state index in [4.69, 9.17) is 4.74 Å². The van der Waals surface area contributed by atoms with Gasteiger partial charge in [0, 0.05) is 24.3 Å². The number of imide groups is 1. The van der Waals surface area contributed by atoms with Crippen molar-refractivity contribution < 1.29 is 24.0 Å². The van der Waals surface area contributed by atoms with Gasteiger partial charge in [-0.15, -0.1) is 0 Å². The number of ether oxygens (including phenoxy) is 1. The highest BCUT2D eigenvalue weighted by molar-refractivity contribution is 6.25. The topological polar surface area (TPSA) is 131 Å². The molecule has 1 N–H and O–H groups in total. The second kappa shape index (κ2) is 10.3. The van der Waals surface area contributed by atoms with Crippen molar-refractivity contribution in [2.75, 3.05) is 12.0 Å². The van der Waals surface area contributed by atoms with Crippen LogP contribution in [0.3, 0.4) is 0 Å². The van der Waals surface area contributed by atoms with Crippen molar-refractivity contribution in [3.63, 3.8) is 0 Å². The predicted octanol–water partition coefficient (Wildman–Crippen LogP) is 4.50. The molecule has 3 aliphatic carbocycles. The van der Waals surface area contributed by atoms with Gasteiger partial charge in [0.15, 0.2) is 0 Å². The number of hydrogen-bond acceptors (Lipinski definition) is 7. The summed E-state index contributed by atoms with van der Waals surface area (Å²) in [6, 6.07) is 28.0. The molecule has 4 aromatic carbocycles. The highest BCUT2D eigenvalue weighted by atomic mass is 16.6. The van der Waals surface area contributed by atoms with E-state index in [-0.39, 0.29) is 35.5 Å². The monoisotopic (exact) mass is 586 g/mol. The molecule has 8 rings (SSSR count). The standard InChI is InChI=1S/C34H26N4O6/c1-44-23-16-10-20(11-17-23)18-28(39)36-35-19-34-26-8-4-2-6-24(26)29(25-7-3-5-9-27(25)34)30-31(34)33(41)37(32(30)40)21-12-14-22(15-13-21)38(42)43/h2-17,19,29-31H,18H2,1H3,(H,36,39)/b35-19-/t29?,30-,31+,34?/m1/s1. The molecule has 218 valence electrons. The lowest BCUT2D eigenvalue weighted by Crippen LogP contribution is -2.54. The van der Waals surface area contributed by atoms with Crippen LogP contribution in [0.1, 0.15) is 33.7 Å². The summed E-state index contributed by atoms with van der Waals surface area (Å²) < 4.78 is 5.19. The Bertz CT molecular complexity index is 1820. The van der Waals surface area contributed by atoms with Gasteiger partial charge in [-0.3, -0.25) is 24.5 Å². The number of methoxy groups -OCH3 is 1. The van der Waals surface area contributed by atoms with Crippen LogP contribution in [0.15, 0.2) is 102 Å². The smallest absolute Gasteiger partial charge is 0.269 e. The zero-order valence-corrected chi connectivity index (χ0v) is 23.5. The van der Waals surface area contributed by atoms with Gasteiger partial charge >= 0.3 is 0 Å². The Morgan fingerprint density at radius 2 is 1.55 bits per heavy atom. The summed E-state index contributed by atoms with van der Waals surface area (Å²) in [7, 11) is 1.57. The number of nitrogens with one attached hydrogen (secondary N) is 1. The molecule has 1 fully saturated rings. The average Bonchev–Trinajstić information content (AvgIpc) is 3.32. The molecule has 2 bridgehead atoms. The number of nitro groups is 1. The minimum atomic E-state index is -1.15. The third kappa shape index (κ3) is 3.94. The lowest BCUT2D eigenvalue weighted by Gasteiger charge is -2.52. The molecule has 4 aromatic rings. The number of nitrogens with zero attached hydrogens (tertiary/aromatic N) is 3. The molecule has 0 aromatic heterocycles. The molecule has 10 heteroatoms. The van der Waals surface area contributed by atoms with Crippen LogP contribution in [-0.2, 0) is 26.2 Å². The van der Waals surface area contributed by atoms with E-state index in [1.54, 1.807) is 37.6 Å². The van der Waals surface area contributed by atoms with Crippen LogP contribution in [-0.4, -0.2) is 36.0 Å². The van der Waals surface area contributed by atoms with E-state index in [0.29, 0.717) is 5.75 Å². The minimum absolute atomic E-state index is 0.0843. The number of amides is 3. The lowest BCUT2D eigenvalue weighted by molar-refractivity contribution is -0.384. The van der Waals surface area contributed by atoms with Crippen LogP contribution in [0, 0.1) is 22.0 Å². The molecule has 1 heterocycles. The van der Waals surface area contributed by atoms with Crippen molar-refractivity contribution >= 4 is 35.3 Å². The number of nitro benzene ring substituents is 1. The quantitative estimate of drug-likeness (QED) is 0.147. The van der Waals surface area contributed by atoms with Crippen LogP contribution < -0.4 is 15.1 Å². The highest BCUT2D eigenvalue weighted by Gasteiger charge is 2.68. The summed E-state index contributed by atoms with van der Waals surface area (Å²) in [5.41, 5.74) is 5.95. The van der Waals surface area contributed by atoms with Crippen LogP contribution in [0.4, 0.5) is 11.4 Å². The number of benzene rings is 4. The second-order valence-corrected chi connectivity index (χ2v) is 11.1. The Labute approximate surface area is 252 Å². The van der Waals surface area contributed by atoms with E-state index in [1.807, 2.05) is 48.5 Å². The Morgan fingerprint density at radius 1 is 0.932 bits per heavy atom. The fourth-order valence-electron chi connectivity index (χ4n) is 7.20. The molecule has 3 amide bonds. The van der Waals surface area contributed by atoms with Crippen molar-refractivity contribution in [2.45, 2.75) is 17.8 Å². The van der Waals surface area contributed by atoms with E-state index < -0.39 is 28.1 Å². The Kier molecular flexibility index (Phi) is 6.35. The van der Waals surface area contributed by atoms with Gasteiger partial charge in [0.25, 0.3) is 5.69 Å². The maximum Gasteiger partial charge on any atom is 0.269 e. The summed E-state index contributed by atoms with van der Waals surface area (Å²) in [6.07, 6.45) is 1.69. The molecule has 0 radical (unpaired) electrons. The molecule has 44 heavy (non-hydrogen) atoms. The van der Waals surface area contributed by atoms with Gasteiger partial charge < -0.3 is 4.74 Å². The van der Waals surface area contributed by atoms with Crippen molar-refractivity contribution in [2.24, 2.45) is 16.9 Å². The first-order chi connectivity index (χ1) is 21.3. The second-order valence-electron chi connectivity index (χ2n) is 11.1. The van der Waals surface area contributed by atoms with Gasteiger partial charge in [-0.05, 0) is 52.1 Å². The van der Waals surface area contributed by atoms with Gasteiger partial charge in [0.05, 0.1) is 41.4 Å². The van der Waals surface area contributed by atoms with Crippen molar-refractivity contribution in [3.05, 3.63) is 135 Å². The van der Waals surface area contributed by atoms with Crippen molar-refractivity contribution in [3.8, 4) is 5.75 Å². The number of carbonyl (C=O) groups is 3. The number of rotatable bonds is 7. The lowest BCUT2D eigenvalue weighted by atomic mass is 9.47. The van der Waals surface area contributed by atoms with Gasteiger partial charge in [-0.25, -0.2) is 10.3 Å². The van der Waals surface area contributed by atoms with Crippen molar-refractivity contribution in [1.29, 1.82) is 0 Å². The van der Waals surface area contributed by atoms with Crippen molar-refractivity contribution in [1.82, 2.24) is 5.43 Å². The van der Waals surface area contributed by atoms with E-state index in [0.717, 1.165) is 32.7 Å². The average molecular weight is 587 g/mol. The fraction of sp³-hybridized carbons (Fsp3) is 0.176. The largest absolute Gasteiger partial charge is 0.497 e. The molecule has 10 nitrogen and oxygen atoms in total. The van der Waals surface area contributed by atoms with Gasteiger partial charge in [0.1, 0.15) is 5.75 Å². The van der Waals surface area contributed by atoms with Crippen LogP contribution in [0.25, 0.3) is 0 Å². The molecule has 2 atom stereocenters. The highest BCUT2D eigenvalue weighted by Crippen LogP contribution is 2.63. The molecular formula is C34H26N4O6. The molecule has 4 aliphatic rings. The van der Waals surface area contributed by atoms with Gasteiger partial charge in [0.2, 0.25) is 17.7 Å². The van der Waals surface area contributed by atoms with E-state index >= 15 is 0 Å². The first-order valence-corrected chi connectivity index (χ1v) is 14.1. The molecule has 0 unspecified atom stereocenters. The number of anilines is 1. The summed E-state index contributed by atoms with van der Waals surface area (Å²) in [5, 5.41) is 15.7. The van der Waals surface area contributed by atoms with Crippen LogP contribution in [0.2, 0.25) is 0 Å². The maximum absolute atomic E-state index is 14.4. The number of hydrogen-bond donors (Lipinski definition) is 1. The molecule has 0 spiro atoms. The molecular weight excluding hydrogens is 560 g/mol. The van der Waals surface area contributed by atoms with E-state index in [2.05, 4.69) is 10.5 Å². The molecule has 1 saturated heterocycles. The van der Waals surface area contributed by atoms with E-state index in [1.165, 1.54) is 24.3 Å². The molecule has 0 saturated carbocycles. The zero-order valence-electron chi connectivity index (χ0n) is 23.5. The molecule has 1 aliphatic heterocycles. The predicted molar refractivity (Wildman–Crippen MR) is 161 cm³/mol. The van der Waals surface area contributed by atoms with E-state index in [9.17, 15) is 24.5 Å². The van der Waals surface area contributed by atoms with Gasteiger partial charge in [-0.1, -0.05) is 60.7 Å².